The molecule has 7 heteroatoms. The number of ether oxygens (including phenoxy) is 2. The summed E-state index contributed by atoms with van der Waals surface area (Å²) in [6.07, 6.45) is 2.19. The number of carbonyl (C=O) groups excluding carboxylic acids is 2. The number of carbonyl (C=O) groups is 2. The largest absolute Gasteiger partial charge is 0.463 e. The third-order valence-corrected chi connectivity index (χ3v) is 4.69. The molecular formula is C18H18N2O4S. The van der Waals surface area contributed by atoms with Gasteiger partial charge in [-0.05, 0) is 25.0 Å². The van der Waals surface area contributed by atoms with Gasteiger partial charge in [-0.25, -0.2) is 9.59 Å². The van der Waals surface area contributed by atoms with Crippen molar-refractivity contribution in [3.63, 3.8) is 0 Å². The minimum Gasteiger partial charge on any atom is -0.463 e. The Morgan fingerprint density at radius 3 is 2.60 bits per heavy atom. The summed E-state index contributed by atoms with van der Waals surface area (Å²) < 4.78 is 10.00. The van der Waals surface area contributed by atoms with Crippen LogP contribution < -0.4 is 4.90 Å². The van der Waals surface area contributed by atoms with E-state index in [-0.39, 0.29) is 18.8 Å². The van der Waals surface area contributed by atoms with Crippen LogP contribution in [0.3, 0.4) is 0 Å². The van der Waals surface area contributed by atoms with E-state index in [0.717, 1.165) is 16.7 Å². The molecule has 0 aliphatic carbocycles. The van der Waals surface area contributed by atoms with E-state index in [1.165, 1.54) is 11.8 Å². The molecule has 25 heavy (non-hydrogen) atoms. The summed E-state index contributed by atoms with van der Waals surface area (Å²) in [5.74, 6) is -1.12. The van der Waals surface area contributed by atoms with Crippen LogP contribution in [0.4, 0.5) is 5.69 Å². The van der Waals surface area contributed by atoms with Gasteiger partial charge in [0.2, 0.25) is 0 Å². The molecule has 0 unspecified atom stereocenters. The summed E-state index contributed by atoms with van der Waals surface area (Å²) in [4.78, 5) is 25.9. The second-order valence-electron chi connectivity index (χ2n) is 5.14. The lowest BCUT2D eigenvalue weighted by Gasteiger charge is -2.14. The molecule has 1 aromatic rings. The van der Waals surface area contributed by atoms with E-state index in [9.17, 15) is 14.9 Å². The average molecular weight is 358 g/mol. The zero-order valence-corrected chi connectivity index (χ0v) is 14.7. The SMILES string of the molecule is C=CC(=O)OCCCCOC(=O)C(C#N)=C1Sc2ccccc2N1C. The zero-order chi connectivity index (χ0) is 18.2. The number of fused-ring (bicyclic) bond motifs is 1. The normalized spacial score (nSPS) is 14.3. The number of benzene rings is 1. The Morgan fingerprint density at radius 2 is 1.96 bits per heavy atom. The van der Waals surface area contributed by atoms with Crippen molar-refractivity contribution in [1.29, 1.82) is 5.26 Å². The summed E-state index contributed by atoms with van der Waals surface area (Å²) in [5.41, 5.74) is 0.939. The quantitative estimate of drug-likeness (QED) is 0.321. The maximum Gasteiger partial charge on any atom is 0.351 e. The molecule has 0 saturated heterocycles. The van der Waals surface area contributed by atoms with E-state index in [1.807, 2.05) is 42.3 Å². The molecule has 0 aromatic heterocycles. The number of rotatable bonds is 7. The number of unbranched alkanes of at least 4 members (excludes halogenated alkanes) is 1. The molecule has 0 atom stereocenters. The fourth-order valence-corrected chi connectivity index (χ4v) is 3.31. The molecular weight excluding hydrogens is 340 g/mol. The lowest BCUT2D eigenvalue weighted by atomic mass is 10.2. The highest BCUT2D eigenvalue weighted by Gasteiger charge is 2.28. The van der Waals surface area contributed by atoms with Gasteiger partial charge >= 0.3 is 11.9 Å². The standard InChI is InChI=1S/C18H18N2O4S/c1-3-16(21)23-10-6-7-11-24-18(22)13(12-19)17-20(2)14-8-4-5-9-15(14)25-17/h3-5,8-9H,1,6-7,10-11H2,2H3. The van der Waals surface area contributed by atoms with Gasteiger partial charge in [-0.1, -0.05) is 30.5 Å². The van der Waals surface area contributed by atoms with Crippen molar-refractivity contribution in [2.45, 2.75) is 17.7 Å². The molecule has 2 rings (SSSR count). The Hall–Kier alpha value is -2.72. The van der Waals surface area contributed by atoms with E-state index in [1.54, 1.807) is 0 Å². The van der Waals surface area contributed by atoms with Crippen LogP contribution in [0.1, 0.15) is 12.8 Å². The van der Waals surface area contributed by atoms with E-state index < -0.39 is 11.9 Å². The van der Waals surface area contributed by atoms with Gasteiger partial charge in [0.05, 0.1) is 18.9 Å². The van der Waals surface area contributed by atoms with Crippen LogP contribution in [0, 0.1) is 11.3 Å². The second kappa shape index (κ2) is 8.94. The Balaban J connectivity index is 1.89. The maximum atomic E-state index is 12.2. The fourth-order valence-electron chi connectivity index (χ4n) is 2.17. The van der Waals surface area contributed by atoms with Gasteiger partial charge in [0.1, 0.15) is 11.1 Å². The molecule has 0 spiro atoms. The first-order chi connectivity index (χ1) is 12.1. The lowest BCUT2D eigenvalue weighted by Crippen LogP contribution is -2.17. The molecule has 0 N–H and O–H groups in total. The van der Waals surface area contributed by atoms with Gasteiger partial charge in [0.15, 0.2) is 5.57 Å². The average Bonchev–Trinajstić information content (AvgIpc) is 2.95. The third kappa shape index (κ3) is 4.64. The number of esters is 2. The van der Waals surface area contributed by atoms with Crippen LogP contribution in [0.5, 0.6) is 0 Å². The van der Waals surface area contributed by atoms with Crippen LogP contribution in [0.2, 0.25) is 0 Å². The van der Waals surface area contributed by atoms with Crippen molar-refractivity contribution in [2.24, 2.45) is 0 Å². The highest BCUT2D eigenvalue weighted by atomic mass is 32.2. The highest BCUT2D eigenvalue weighted by Crippen LogP contribution is 2.46. The zero-order valence-electron chi connectivity index (χ0n) is 13.9. The van der Waals surface area contributed by atoms with Gasteiger partial charge in [-0.2, -0.15) is 5.26 Å². The van der Waals surface area contributed by atoms with Crippen molar-refractivity contribution >= 4 is 29.4 Å². The maximum absolute atomic E-state index is 12.2. The molecule has 0 amide bonds. The molecule has 6 nitrogen and oxygen atoms in total. The summed E-state index contributed by atoms with van der Waals surface area (Å²) in [6, 6.07) is 9.63. The van der Waals surface area contributed by atoms with E-state index in [4.69, 9.17) is 9.47 Å². The van der Waals surface area contributed by atoms with Gasteiger partial charge in [-0.15, -0.1) is 0 Å². The van der Waals surface area contributed by atoms with Crippen LogP contribution >= 0.6 is 11.8 Å². The minimum atomic E-state index is -0.646. The van der Waals surface area contributed by atoms with Gasteiger partial charge < -0.3 is 14.4 Å². The van der Waals surface area contributed by atoms with E-state index in [0.29, 0.717) is 17.9 Å². The summed E-state index contributed by atoms with van der Waals surface area (Å²) in [7, 11) is 1.81. The van der Waals surface area contributed by atoms with Crippen LogP contribution in [-0.2, 0) is 19.1 Å². The first-order valence-corrected chi connectivity index (χ1v) is 8.51. The molecule has 0 radical (unpaired) electrons. The van der Waals surface area contributed by atoms with Crippen molar-refractivity contribution in [3.8, 4) is 6.07 Å². The van der Waals surface area contributed by atoms with Crippen molar-refractivity contribution < 1.29 is 19.1 Å². The van der Waals surface area contributed by atoms with Crippen LogP contribution in [-0.4, -0.2) is 32.2 Å². The number of nitrogens with zero attached hydrogens (tertiary/aromatic N) is 2. The molecule has 0 fully saturated rings. The number of para-hydroxylation sites is 1. The van der Waals surface area contributed by atoms with Crippen molar-refractivity contribution in [3.05, 3.63) is 47.5 Å². The molecule has 0 saturated carbocycles. The number of hydrogen-bond donors (Lipinski definition) is 0. The predicted molar refractivity (Wildman–Crippen MR) is 94.7 cm³/mol. The monoisotopic (exact) mass is 358 g/mol. The molecule has 0 bridgehead atoms. The number of hydrogen-bond acceptors (Lipinski definition) is 7. The summed E-state index contributed by atoms with van der Waals surface area (Å²) >= 11 is 1.37. The topological polar surface area (TPSA) is 79.6 Å². The highest BCUT2D eigenvalue weighted by molar-refractivity contribution is 8.03. The lowest BCUT2D eigenvalue weighted by molar-refractivity contribution is -0.140. The fraction of sp³-hybridized carbons (Fsp3) is 0.278. The first kappa shape index (κ1) is 18.6. The van der Waals surface area contributed by atoms with Gasteiger partial charge in [-0.3, -0.25) is 0 Å². The van der Waals surface area contributed by atoms with Crippen LogP contribution in [0.15, 0.2) is 52.4 Å². The Morgan fingerprint density at radius 1 is 1.28 bits per heavy atom. The molecule has 1 aliphatic heterocycles. The van der Waals surface area contributed by atoms with Crippen molar-refractivity contribution in [1.82, 2.24) is 0 Å². The summed E-state index contributed by atoms with van der Waals surface area (Å²) in [5, 5.41) is 9.93. The predicted octanol–water partition coefficient (Wildman–Crippen LogP) is 3.02. The third-order valence-electron chi connectivity index (χ3n) is 3.45. The second-order valence-corrected chi connectivity index (χ2v) is 6.17. The molecule has 1 aliphatic rings. The van der Waals surface area contributed by atoms with Crippen LogP contribution in [0.25, 0.3) is 0 Å². The number of nitriles is 1. The Kier molecular flexibility index (Phi) is 6.66. The van der Waals surface area contributed by atoms with E-state index in [2.05, 4.69) is 6.58 Å². The first-order valence-electron chi connectivity index (χ1n) is 7.69. The Bertz CT molecular complexity index is 752. The molecule has 1 heterocycles. The van der Waals surface area contributed by atoms with E-state index >= 15 is 0 Å². The Labute approximate surface area is 150 Å². The smallest absolute Gasteiger partial charge is 0.351 e. The summed E-state index contributed by atoms with van der Waals surface area (Å²) in [6.45, 7) is 3.70. The molecule has 130 valence electrons. The van der Waals surface area contributed by atoms with Gasteiger partial charge in [0.25, 0.3) is 0 Å². The number of thioether (sulfide) groups is 1. The van der Waals surface area contributed by atoms with Crippen molar-refractivity contribution in [2.75, 3.05) is 25.2 Å². The number of anilines is 1. The minimum absolute atomic E-state index is 0.0122. The molecule has 1 aromatic carbocycles. The van der Waals surface area contributed by atoms with Gasteiger partial charge in [0, 0.05) is 18.0 Å².